The molecule has 0 spiro atoms. The van der Waals surface area contributed by atoms with Crippen molar-refractivity contribution >= 4 is 27.8 Å². The van der Waals surface area contributed by atoms with Gasteiger partial charge in [-0.05, 0) is 29.4 Å². The maximum Gasteiger partial charge on any atom is 0.343 e. The molecule has 6 rings (SSSR count). The van der Waals surface area contributed by atoms with Crippen molar-refractivity contribution in [1.82, 2.24) is 9.55 Å². The molecule has 7 heteroatoms. The number of hydrogen-bond donors (Lipinski definition) is 2. The lowest BCUT2D eigenvalue weighted by atomic mass is 9.86. The smallest absolute Gasteiger partial charge is 0.343 e. The van der Waals surface area contributed by atoms with E-state index < -0.39 is 22.5 Å². The largest absolute Gasteiger partial charge is 0.458 e. The molecule has 0 radical (unpaired) electrons. The SMILES string of the molecule is CCC1(O)C(=O)OCc2c1cc1n(c2=O)Cc2c-1nc1ccccc1c2[SH]1C=CC=C1. The first-order chi connectivity index (χ1) is 15.0. The van der Waals surface area contributed by atoms with Crippen molar-refractivity contribution in [3.05, 3.63) is 80.3 Å². The van der Waals surface area contributed by atoms with Crippen LogP contribution in [0.15, 0.2) is 63.0 Å². The van der Waals surface area contributed by atoms with Gasteiger partial charge in [-0.15, -0.1) is 0 Å². The number of rotatable bonds is 2. The molecule has 156 valence electrons. The van der Waals surface area contributed by atoms with Gasteiger partial charge in [-0.3, -0.25) is 4.79 Å². The molecule has 3 aliphatic rings. The summed E-state index contributed by atoms with van der Waals surface area (Å²) in [7, 11) is -0.639. The second-order valence-corrected chi connectivity index (χ2v) is 9.86. The van der Waals surface area contributed by atoms with Crippen LogP contribution >= 0.6 is 10.9 Å². The van der Waals surface area contributed by atoms with E-state index in [1.54, 1.807) is 17.6 Å². The first kappa shape index (κ1) is 18.6. The summed E-state index contributed by atoms with van der Waals surface area (Å²) in [5, 5.41) is 16.6. The number of pyridine rings is 2. The number of ether oxygens (including phenoxy) is 1. The molecule has 0 fully saturated rings. The first-order valence-electron chi connectivity index (χ1n) is 10.2. The van der Waals surface area contributed by atoms with Gasteiger partial charge in [0.05, 0.1) is 29.0 Å². The number of para-hydroxylation sites is 1. The molecule has 0 amide bonds. The number of carbonyl (C=O) groups excluding carboxylic acids is 1. The molecule has 31 heavy (non-hydrogen) atoms. The van der Waals surface area contributed by atoms with Gasteiger partial charge < -0.3 is 14.4 Å². The number of allylic oxidation sites excluding steroid dienone is 2. The summed E-state index contributed by atoms with van der Waals surface area (Å²) < 4.78 is 6.86. The fourth-order valence-corrected chi connectivity index (χ4v) is 6.71. The van der Waals surface area contributed by atoms with Gasteiger partial charge in [-0.2, -0.15) is 10.9 Å². The zero-order chi connectivity index (χ0) is 21.3. The van der Waals surface area contributed by atoms with Gasteiger partial charge in [0.1, 0.15) is 6.61 Å². The lowest BCUT2D eigenvalue weighted by molar-refractivity contribution is -0.172. The Hall–Kier alpha value is -3.16. The van der Waals surface area contributed by atoms with Crippen molar-refractivity contribution in [2.75, 3.05) is 0 Å². The molecule has 0 bridgehead atoms. The van der Waals surface area contributed by atoms with E-state index in [1.807, 2.05) is 18.2 Å². The lowest BCUT2D eigenvalue weighted by Gasteiger charge is -2.31. The minimum Gasteiger partial charge on any atom is -0.458 e. The molecule has 2 aromatic heterocycles. The second-order valence-electron chi connectivity index (χ2n) is 8.00. The van der Waals surface area contributed by atoms with Crippen LogP contribution in [0, 0.1) is 0 Å². The van der Waals surface area contributed by atoms with Crippen LogP contribution in [-0.4, -0.2) is 20.6 Å². The van der Waals surface area contributed by atoms with Crippen molar-refractivity contribution in [2.45, 2.75) is 37.0 Å². The van der Waals surface area contributed by atoms with Crippen molar-refractivity contribution in [3.63, 3.8) is 0 Å². The van der Waals surface area contributed by atoms with Crippen LogP contribution in [0.5, 0.6) is 0 Å². The Morgan fingerprint density at radius 1 is 1.19 bits per heavy atom. The number of fused-ring (bicyclic) bond motifs is 5. The number of thiol groups is 1. The Bertz CT molecular complexity index is 1410. The molecule has 1 unspecified atom stereocenters. The minimum atomic E-state index is -1.81. The van der Waals surface area contributed by atoms with Crippen LogP contribution in [0.3, 0.4) is 0 Å². The monoisotopic (exact) mass is 432 g/mol. The van der Waals surface area contributed by atoms with E-state index in [2.05, 4.69) is 29.0 Å². The van der Waals surface area contributed by atoms with Crippen LogP contribution < -0.4 is 5.56 Å². The summed E-state index contributed by atoms with van der Waals surface area (Å²) in [5.74, 6) is -0.707. The molecule has 5 heterocycles. The van der Waals surface area contributed by atoms with Crippen LogP contribution in [0.2, 0.25) is 0 Å². The highest BCUT2D eigenvalue weighted by atomic mass is 32.2. The molecule has 0 saturated heterocycles. The molecule has 3 aliphatic heterocycles. The molecule has 0 aliphatic carbocycles. The second kappa shape index (κ2) is 6.42. The number of cyclic esters (lactones) is 1. The summed E-state index contributed by atoms with van der Waals surface area (Å²) in [4.78, 5) is 31.9. The van der Waals surface area contributed by atoms with Crippen LogP contribution in [0.4, 0.5) is 0 Å². The van der Waals surface area contributed by atoms with Gasteiger partial charge >= 0.3 is 5.97 Å². The zero-order valence-corrected chi connectivity index (χ0v) is 17.7. The summed E-state index contributed by atoms with van der Waals surface area (Å²) in [6.45, 7) is 2.01. The summed E-state index contributed by atoms with van der Waals surface area (Å²) in [6.07, 6.45) is 4.25. The van der Waals surface area contributed by atoms with Crippen molar-refractivity contribution in [2.24, 2.45) is 0 Å². The first-order valence-corrected chi connectivity index (χ1v) is 11.7. The minimum absolute atomic E-state index is 0.119. The average molecular weight is 433 g/mol. The maximum atomic E-state index is 13.4. The number of nitrogens with zero attached hydrogens (tertiary/aromatic N) is 2. The highest BCUT2D eigenvalue weighted by molar-refractivity contribution is 8.22. The standard InChI is InChI=1S/C24H20N2O4S/c1-2-24(29)17-11-19-20-15(12-26(19)22(27)16(17)13-30-23(24)28)21(31-9-5-6-10-31)14-7-3-4-8-18(14)25-20/h3-11,29,31H,2,12-13H2,1H3. The highest BCUT2D eigenvalue weighted by Crippen LogP contribution is 2.51. The summed E-state index contributed by atoms with van der Waals surface area (Å²) in [6, 6.07) is 9.80. The van der Waals surface area contributed by atoms with Crippen molar-refractivity contribution in [3.8, 4) is 11.4 Å². The molecular formula is C24H20N2O4S. The van der Waals surface area contributed by atoms with Gasteiger partial charge in [-0.25, -0.2) is 9.78 Å². The van der Waals surface area contributed by atoms with Crippen LogP contribution in [0.1, 0.15) is 30.0 Å². The van der Waals surface area contributed by atoms with Gasteiger partial charge in [0.25, 0.3) is 5.56 Å². The van der Waals surface area contributed by atoms with Gasteiger partial charge in [-0.1, -0.05) is 37.3 Å². The third kappa shape index (κ3) is 2.41. The lowest BCUT2D eigenvalue weighted by Crippen LogP contribution is -2.44. The Labute approximate surface area is 180 Å². The van der Waals surface area contributed by atoms with E-state index in [-0.39, 0.29) is 18.6 Å². The molecule has 3 aromatic rings. The zero-order valence-electron chi connectivity index (χ0n) is 16.8. The average Bonchev–Trinajstić information content (AvgIpc) is 3.43. The van der Waals surface area contributed by atoms with Crippen LogP contribution in [0.25, 0.3) is 22.3 Å². The van der Waals surface area contributed by atoms with E-state index in [9.17, 15) is 14.7 Å². The molecule has 0 saturated carbocycles. The molecule has 6 nitrogen and oxygen atoms in total. The molecular weight excluding hydrogens is 412 g/mol. The van der Waals surface area contributed by atoms with Gasteiger partial charge in [0.15, 0.2) is 5.60 Å². The predicted molar refractivity (Wildman–Crippen MR) is 120 cm³/mol. The molecule has 1 aromatic carbocycles. The molecule has 1 atom stereocenters. The normalized spacial score (nSPS) is 21.9. The predicted octanol–water partition coefficient (Wildman–Crippen LogP) is 3.48. The third-order valence-corrected chi connectivity index (χ3v) is 8.44. The number of hydrogen-bond acceptors (Lipinski definition) is 5. The Kier molecular flexibility index (Phi) is 3.85. The number of aromatic nitrogens is 2. The number of carbonyl (C=O) groups is 1. The van der Waals surface area contributed by atoms with E-state index in [4.69, 9.17) is 9.72 Å². The Morgan fingerprint density at radius 3 is 2.74 bits per heavy atom. The van der Waals surface area contributed by atoms with E-state index in [0.29, 0.717) is 23.4 Å². The third-order valence-electron chi connectivity index (χ3n) is 6.43. The maximum absolute atomic E-state index is 13.4. The quantitative estimate of drug-likeness (QED) is 0.374. The topological polar surface area (TPSA) is 81.4 Å². The summed E-state index contributed by atoms with van der Waals surface area (Å²) in [5.41, 5.74) is 1.95. The van der Waals surface area contributed by atoms with Crippen molar-refractivity contribution < 1.29 is 14.6 Å². The van der Waals surface area contributed by atoms with Gasteiger partial charge in [0, 0.05) is 21.4 Å². The van der Waals surface area contributed by atoms with E-state index >= 15 is 0 Å². The fraction of sp³-hybridized carbons (Fsp3) is 0.208. The van der Waals surface area contributed by atoms with Gasteiger partial charge in [0.2, 0.25) is 0 Å². The Balaban J connectivity index is 1.67. The van der Waals surface area contributed by atoms with E-state index in [0.717, 1.165) is 22.2 Å². The summed E-state index contributed by atoms with van der Waals surface area (Å²) >= 11 is 0. The Morgan fingerprint density at radius 2 is 1.97 bits per heavy atom. The fourth-order valence-electron chi connectivity index (χ4n) is 4.79. The molecule has 1 N–H and O–H groups in total. The van der Waals surface area contributed by atoms with E-state index in [1.165, 1.54) is 4.90 Å². The highest BCUT2D eigenvalue weighted by Gasteiger charge is 2.45. The number of esters is 1. The van der Waals surface area contributed by atoms with Crippen molar-refractivity contribution in [1.29, 1.82) is 0 Å². The van der Waals surface area contributed by atoms with Crippen LogP contribution in [-0.2, 0) is 28.3 Å². The number of benzene rings is 1. The number of aliphatic hydroxyl groups is 1.